The van der Waals surface area contributed by atoms with E-state index in [2.05, 4.69) is 16.8 Å². The molecule has 23 heavy (non-hydrogen) atoms. The molecular formula is C17H27N4O2+. The van der Waals surface area contributed by atoms with E-state index in [1.54, 1.807) is 17.0 Å². The van der Waals surface area contributed by atoms with Gasteiger partial charge in [-0.2, -0.15) is 0 Å². The number of rotatable bonds is 4. The molecule has 1 aromatic rings. The highest BCUT2D eigenvalue weighted by molar-refractivity contribution is 5.32. The predicted molar refractivity (Wildman–Crippen MR) is 89.6 cm³/mol. The second-order valence-electron chi connectivity index (χ2n) is 6.92. The van der Waals surface area contributed by atoms with Gasteiger partial charge in [-0.15, -0.1) is 0 Å². The smallest absolute Gasteiger partial charge is 0.269 e. The third-order valence-corrected chi connectivity index (χ3v) is 5.28. The lowest BCUT2D eigenvalue weighted by Gasteiger charge is -2.40. The number of nitro benzene ring substituents is 1. The highest BCUT2D eigenvalue weighted by Crippen LogP contribution is 2.19. The zero-order valence-electron chi connectivity index (χ0n) is 13.9. The maximum Gasteiger partial charge on any atom is 0.269 e. The third kappa shape index (κ3) is 4.28. The Labute approximate surface area is 137 Å². The predicted octanol–water partition coefficient (Wildman–Crippen LogP) is 0.390. The van der Waals surface area contributed by atoms with Gasteiger partial charge in [-0.3, -0.25) is 19.9 Å². The van der Waals surface area contributed by atoms with Crippen LogP contribution in [0.1, 0.15) is 18.4 Å². The van der Waals surface area contributed by atoms with Crippen molar-refractivity contribution in [2.45, 2.75) is 25.4 Å². The first-order valence-electron chi connectivity index (χ1n) is 8.63. The lowest BCUT2D eigenvalue weighted by molar-refractivity contribution is -0.884. The summed E-state index contributed by atoms with van der Waals surface area (Å²) >= 11 is 0. The number of non-ortho nitro benzene ring substituents is 1. The second-order valence-corrected chi connectivity index (χ2v) is 6.92. The second kappa shape index (κ2) is 7.38. The Hall–Kier alpha value is -1.50. The van der Waals surface area contributed by atoms with Crippen LogP contribution in [0.25, 0.3) is 0 Å². The monoisotopic (exact) mass is 319 g/mol. The molecule has 0 spiro atoms. The van der Waals surface area contributed by atoms with Gasteiger partial charge in [0.1, 0.15) is 0 Å². The average Bonchev–Trinajstić information content (AvgIpc) is 2.57. The third-order valence-electron chi connectivity index (χ3n) is 5.28. The van der Waals surface area contributed by atoms with Gasteiger partial charge in [0, 0.05) is 37.8 Å². The number of benzene rings is 1. The van der Waals surface area contributed by atoms with Crippen molar-refractivity contribution in [3.8, 4) is 0 Å². The Morgan fingerprint density at radius 1 is 1.13 bits per heavy atom. The van der Waals surface area contributed by atoms with Crippen LogP contribution in [0.4, 0.5) is 5.69 Å². The van der Waals surface area contributed by atoms with Gasteiger partial charge in [0.2, 0.25) is 0 Å². The molecule has 2 saturated heterocycles. The fraction of sp³-hybridized carbons (Fsp3) is 0.647. The van der Waals surface area contributed by atoms with Crippen LogP contribution >= 0.6 is 0 Å². The minimum Gasteiger partial charge on any atom is -0.335 e. The Bertz CT molecular complexity index is 518. The molecule has 2 fully saturated rings. The van der Waals surface area contributed by atoms with Crippen LogP contribution in [0.15, 0.2) is 24.3 Å². The highest BCUT2D eigenvalue weighted by Gasteiger charge is 2.27. The number of likely N-dealkylation sites (tertiary alicyclic amines) is 1. The molecule has 2 heterocycles. The zero-order valence-corrected chi connectivity index (χ0v) is 13.9. The van der Waals surface area contributed by atoms with E-state index in [-0.39, 0.29) is 10.6 Å². The standard InChI is InChI=1S/C17H26N4O2/c1-18-10-12-20(13-11-18)16-6-8-19(9-7-16)14-15-2-4-17(5-3-15)21(22)23/h2-5,16H,6-14H2,1H3/p+1. The van der Waals surface area contributed by atoms with Crippen molar-refractivity contribution in [2.24, 2.45) is 0 Å². The lowest BCUT2D eigenvalue weighted by atomic mass is 10.0. The van der Waals surface area contributed by atoms with Crippen LogP contribution in [-0.2, 0) is 6.54 Å². The number of hydrogen-bond acceptors (Lipinski definition) is 4. The van der Waals surface area contributed by atoms with E-state index < -0.39 is 0 Å². The summed E-state index contributed by atoms with van der Waals surface area (Å²) in [6, 6.07) is 7.72. The summed E-state index contributed by atoms with van der Waals surface area (Å²) in [6.07, 6.45) is 2.48. The summed E-state index contributed by atoms with van der Waals surface area (Å²) in [4.78, 5) is 17.2. The number of piperazine rings is 1. The van der Waals surface area contributed by atoms with E-state index in [1.165, 1.54) is 39.0 Å². The highest BCUT2D eigenvalue weighted by atomic mass is 16.6. The van der Waals surface area contributed by atoms with Gasteiger partial charge >= 0.3 is 0 Å². The lowest BCUT2D eigenvalue weighted by Crippen LogP contribution is -3.12. The minimum absolute atomic E-state index is 0.171. The molecular weight excluding hydrogens is 292 g/mol. The van der Waals surface area contributed by atoms with Crippen molar-refractivity contribution in [2.75, 3.05) is 46.3 Å². The number of piperidine rings is 1. The van der Waals surface area contributed by atoms with Gasteiger partial charge < -0.3 is 4.90 Å². The molecule has 0 aromatic heterocycles. The van der Waals surface area contributed by atoms with Crippen LogP contribution in [0, 0.1) is 10.1 Å². The Morgan fingerprint density at radius 3 is 2.30 bits per heavy atom. The molecule has 0 saturated carbocycles. The largest absolute Gasteiger partial charge is 0.335 e. The molecule has 2 aliphatic rings. The molecule has 6 heteroatoms. The first kappa shape index (κ1) is 16.4. The van der Waals surface area contributed by atoms with Gasteiger partial charge in [0.25, 0.3) is 5.69 Å². The van der Waals surface area contributed by atoms with Crippen molar-refractivity contribution >= 4 is 5.69 Å². The Morgan fingerprint density at radius 2 is 1.74 bits per heavy atom. The SMILES string of the molecule is C[NH+]1CCN(C2CCN(Cc3ccc([N+](=O)[O-])cc3)CC2)CC1. The van der Waals surface area contributed by atoms with Gasteiger partial charge in [-0.25, -0.2) is 0 Å². The minimum atomic E-state index is -0.340. The van der Waals surface area contributed by atoms with E-state index in [0.29, 0.717) is 0 Å². The summed E-state index contributed by atoms with van der Waals surface area (Å²) in [5, 5.41) is 10.7. The number of likely N-dealkylation sites (N-methyl/N-ethyl adjacent to an activating group) is 1. The maximum absolute atomic E-state index is 10.7. The van der Waals surface area contributed by atoms with Crippen LogP contribution in [-0.4, -0.2) is 67.1 Å². The average molecular weight is 319 g/mol. The van der Waals surface area contributed by atoms with E-state index in [0.717, 1.165) is 31.2 Å². The number of quaternary nitrogens is 1. The normalized spacial score (nSPS) is 22.3. The van der Waals surface area contributed by atoms with Crippen molar-refractivity contribution in [1.29, 1.82) is 0 Å². The van der Waals surface area contributed by atoms with E-state index in [1.807, 2.05) is 12.1 Å². The topological polar surface area (TPSA) is 54.1 Å². The van der Waals surface area contributed by atoms with Crippen molar-refractivity contribution in [1.82, 2.24) is 9.80 Å². The van der Waals surface area contributed by atoms with Gasteiger partial charge in [0.05, 0.1) is 25.1 Å². The Balaban J connectivity index is 1.46. The van der Waals surface area contributed by atoms with Gasteiger partial charge in [0.15, 0.2) is 0 Å². The van der Waals surface area contributed by atoms with E-state index >= 15 is 0 Å². The molecule has 0 aliphatic carbocycles. The van der Waals surface area contributed by atoms with E-state index in [4.69, 9.17) is 0 Å². The summed E-state index contributed by atoms with van der Waals surface area (Å²) in [7, 11) is 2.28. The zero-order chi connectivity index (χ0) is 16.2. The summed E-state index contributed by atoms with van der Waals surface area (Å²) < 4.78 is 0. The molecule has 0 radical (unpaired) electrons. The molecule has 3 rings (SSSR count). The van der Waals surface area contributed by atoms with Crippen LogP contribution in [0.3, 0.4) is 0 Å². The van der Waals surface area contributed by atoms with Crippen molar-refractivity contribution in [3.05, 3.63) is 39.9 Å². The first-order chi connectivity index (χ1) is 11.1. The Kier molecular flexibility index (Phi) is 5.25. The van der Waals surface area contributed by atoms with Gasteiger partial charge in [-0.1, -0.05) is 12.1 Å². The number of nitro groups is 1. The molecule has 126 valence electrons. The summed E-state index contributed by atoms with van der Waals surface area (Å²) in [5.74, 6) is 0. The van der Waals surface area contributed by atoms with Crippen LogP contribution in [0.5, 0.6) is 0 Å². The first-order valence-corrected chi connectivity index (χ1v) is 8.63. The molecule has 1 N–H and O–H groups in total. The summed E-state index contributed by atoms with van der Waals surface area (Å²) in [6.45, 7) is 8.16. The van der Waals surface area contributed by atoms with Crippen LogP contribution < -0.4 is 4.90 Å². The fourth-order valence-electron chi connectivity index (χ4n) is 3.69. The quantitative estimate of drug-likeness (QED) is 0.644. The maximum atomic E-state index is 10.7. The summed E-state index contributed by atoms with van der Waals surface area (Å²) in [5.41, 5.74) is 1.34. The molecule has 0 bridgehead atoms. The fourth-order valence-corrected chi connectivity index (χ4v) is 3.69. The number of hydrogen-bond donors (Lipinski definition) is 1. The number of nitrogens with zero attached hydrogens (tertiary/aromatic N) is 3. The number of nitrogens with one attached hydrogen (secondary N) is 1. The van der Waals surface area contributed by atoms with Gasteiger partial charge in [-0.05, 0) is 31.5 Å². The molecule has 0 atom stereocenters. The molecule has 0 unspecified atom stereocenters. The van der Waals surface area contributed by atoms with E-state index in [9.17, 15) is 10.1 Å². The van der Waals surface area contributed by atoms with Crippen molar-refractivity contribution in [3.63, 3.8) is 0 Å². The molecule has 0 amide bonds. The molecule has 6 nitrogen and oxygen atoms in total. The van der Waals surface area contributed by atoms with Crippen molar-refractivity contribution < 1.29 is 9.82 Å². The molecule has 2 aliphatic heterocycles. The van der Waals surface area contributed by atoms with Crippen LogP contribution in [0.2, 0.25) is 0 Å². The molecule has 1 aromatic carbocycles.